The van der Waals surface area contributed by atoms with Gasteiger partial charge in [-0.15, -0.1) is 0 Å². The van der Waals surface area contributed by atoms with Gasteiger partial charge in [0.15, 0.2) is 0 Å². The molecule has 6 rings (SSSR count). The van der Waals surface area contributed by atoms with Gasteiger partial charge in [0.2, 0.25) is 23.6 Å². The molecule has 2 saturated heterocycles. The highest BCUT2D eigenvalue weighted by molar-refractivity contribution is 8.79. The molecule has 4 N–H and O–H groups in total. The summed E-state index contributed by atoms with van der Waals surface area (Å²) in [4.78, 5) is 75.3. The maximum absolute atomic E-state index is 12.7. The van der Waals surface area contributed by atoms with Crippen molar-refractivity contribution < 1.29 is 28.8 Å². The topological polar surface area (TPSA) is 159 Å². The molecule has 0 spiro atoms. The largest absolute Gasteiger partial charge is 0.330 e. The minimum absolute atomic E-state index is 0. The number of benzene rings is 2. The number of imide groups is 2. The van der Waals surface area contributed by atoms with Crippen LogP contribution in [-0.4, -0.2) is 63.9 Å². The molecule has 4 aliphatic rings. The zero-order chi connectivity index (χ0) is 51.8. The molecule has 2 aromatic carbocycles. The number of hydrogen-bond acceptors (Lipinski definition) is 9. The fourth-order valence-electron chi connectivity index (χ4n) is 6.87. The summed E-state index contributed by atoms with van der Waals surface area (Å²) in [6, 6.07) is 10.2. The second kappa shape index (κ2) is 41.5. The summed E-state index contributed by atoms with van der Waals surface area (Å²) in [6.07, 6.45) is 8.36. The molecule has 0 radical (unpaired) electrons. The molecule has 2 atom stereocenters. The first kappa shape index (κ1) is 67.7. The fraction of sp³-hybridized carbons (Fsp3) is 0.474. The van der Waals surface area contributed by atoms with E-state index in [2.05, 4.69) is 35.5 Å². The van der Waals surface area contributed by atoms with E-state index in [9.17, 15) is 28.8 Å². The molecule has 0 saturated carbocycles. The summed E-state index contributed by atoms with van der Waals surface area (Å²) in [7, 11) is 38.1. The number of rotatable bonds is 9. The number of carbonyl (C=O) groups is 6. The van der Waals surface area contributed by atoms with E-state index in [1.165, 1.54) is 23.3 Å². The van der Waals surface area contributed by atoms with Crippen molar-refractivity contribution in [2.45, 2.75) is 110 Å². The van der Waals surface area contributed by atoms with Crippen LogP contribution < -0.4 is 16.4 Å². The van der Waals surface area contributed by atoms with Crippen molar-refractivity contribution in [3.8, 4) is 11.8 Å². The molecule has 0 bridgehead atoms. The van der Waals surface area contributed by atoms with Gasteiger partial charge in [-0.25, -0.2) is 0 Å². The molecule has 73 heavy (non-hydrogen) atoms. The number of nitrogens with zero attached hydrogens (tertiary/aromatic N) is 2. The zero-order valence-corrected chi connectivity index (χ0v) is 56.8. The Hall–Kier alpha value is 0.460. The molecule has 0 aromatic heterocycles. The highest BCUT2D eigenvalue weighted by Gasteiger charge is 2.41. The predicted octanol–water partition coefficient (Wildman–Crippen LogP) is 3.69. The van der Waals surface area contributed by atoms with Gasteiger partial charge in [0.1, 0.15) is 12.1 Å². The lowest BCUT2D eigenvalue weighted by molar-refractivity contribution is -0.138. The normalized spacial score (nSPS) is 15.6. The third kappa shape index (κ3) is 25.2. The van der Waals surface area contributed by atoms with E-state index in [-0.39, 0.29) is 55.7 Å². The lowest BCUT2D eigenvalue weighted by Crippen LogP contribution is -2.52. The summed E-state index contributed by atoms with van der Waals surface area (Å²) in [5.74, 6) is 4.76. The molecule has 2 aromatic rings. The Balaban J connectivity index is 0.000000287. The number of unbranched alkanes of at least 4 members (excludes halogenated alkanes) is 4. The van der Waals surface area contributed by atoms with Gasteiger partial charge < -0.3 is 15.5 Å². The maximum Gasteiger partial charge on any atom is 0.255 e. The van der Waals surface area contributed by atoms with Gasteiger partial charge >= 0.3 is 0 Å². The van der Waals surface area contributed by atoms with Crippen molar-refractivity contribution in [1.82, 2.24) is 20.4 Å². The van der Waals surface area contributed by atoms with Crippen molar-refractivity contribution in [1.29, 1.82) is 0 Å². The van der Waals surface area contributed by atoms with E-state index in [0.29, 0.717) is 43.6 Å². The van der Waals surface area contributed by atoms with Crippen LogP contribution in [0.3, 0.4) is 0 Å². The quantitative estimate of drug-likeness (QED) is 0.194. The smallest absolute Gasteiger partial charge is 0.255 e. The van der Waals surface area contributed by atoms with Crippen LogP contribution in [0, 0.1) is 11.8 Å². The molecule has 0 aliphatic carbocycles. The van der Waals surface area contributed by atoms with Crippen LogP contribution >= 0.6 is 0 Å². The van der Waals surface area contributed by atoms with E-state index in [0.717, 1.165) is 61.6 Å². The molecule has 4 heterocycles. The van der Waals surface area contributed by atoms with E-state index in [1.807, 2.05) is 59.8 Å². The lowest BCUT2D eigenvalue weighted by Gasteiger charge is -2.29. The number of piperidine rings is 2. The number of amides is 6. The van der Waals surface area contributed by atoms with Crippen molar-refractivity contribution in [2.75, 3.05) is 6.54 Å². The first-order chi connectivity index (χ1) is 35.1. The summed E-state index contributed by atoms with van der Waals surface area (Å²) >= 11 is 9.54. The monoisotopic (exact) mass is 1440 g/mol. The Morgan fingerprint density at radius 3 is 1.42 bits per heavy atom. The van der Waals surface area contributed by atoms with Gasteiger partial charge in [0, 0.05) is 267 Å². The first-order valence-electron chi connectivity index (χ1n) is 20.8. The molecule has 2 fully saturated rings. The van der Waals surface area contributed by atoms with Crippen molar-refractivity contribution in [3.05, 3.63) is 69.8 Å². The van der Waals surface area contributed by atoms with E-state index in [4.69, 9.17) is 28.1 Å². The number of hydrogen-bond donors (Lipinski definition) is 3. The zero-order valence-electron chi connectivity index (χ0n) is 37.2. The van der Waals surface area contributed by atoms with Crippen molar-refractivity contribution in [2.24, 2.45) is 5.73 Å². The van der Waals surface area contributed by atoms with Crippen molar-refractivity contribution >= 4 is 253 Å². The third-order valence-electron chi connectivity index (χ3n) is 9.87. The van der Waals surface area contributed by atoms with Gasteiger partial charge in [-0.05, 0) is 80.0 Å². The summed E-state index contributed by atoms with van der Waals surface area (Å²) in [5.41, 5.74) is 10.8. The Morgan fingerprint density at radius 2 is 1.00 bits per heavy atom. The highest BCUT2D eigenvalue weighted by atomic mass is 33.5. The van der Waals surface area contributed by atoms with Crippen molar-refractivity contribution in [3.63, 3.8) is 0 Å². The number of nitrogens with one attached hydrogen (secondary N) is 2. The van der Waals surface area contributed by atoms with Crippen LogP contribution in [0.25, 0.3) is 0 Å². The average molecular weight is 1440 g/mol. The molecular formula is C38H47N5O6S24. The van der Waals surface area contributed by atoms with Crippen LogP contribution in [0.5, 0.6) is 0 Å². The molecule has 404 valence electrons. The minimum Gasteiger partial charge on any atom is -0.330 e. The second-order valence-corrected chi connectivity index (χ2v) is 53.0. The van der Waals surface area contributed by atoms with Crippen LogP contribution in [0.15, 0.2) is 36.4 Å². The first-order valence-corrected chi connectivity index (χ1v) is 51.4. The van der Waals surface area contributed by atoms with Gasteiger partial charge in [-0.3, -0.25) is 39.4 Å². The fourth-order valence-corrected chi connectivity index (χ4v) is 61.8. The minimum atomic E-state index is -0.580. The molecule has 6 amide bonds. The van der Waals surface area contributed by atoms with E-state index in [1.54, 1.807) is 158 Å². The lowest BCUT2D eigenvalue weighted by atomic mass is 9.98. The Morgan fingerprint density at radius 1 is 0.575 bits per heavy atom. The summed E-state index contributed by atoms with van der Waals surface area (Å²) < 4.78 is 0. The van der Waals surface area contributed by atoms with Crippen LogP contribution in [-0.2, 0) is 256 Å². The van der Waals surface area contributed by atoms with Crippen LogP contribution in [0.2, 0.25) is 0 Å². The van der Waals surface area contributed by atoms with Crippen LogP contribution in [0.1, 0.15) is 122 Å². The predicted molar refractivity (Wildman–Crippen MR) is 361 cm³/mol. The van der Waals surface area contributed by atoms with Gasteiger partial charge in [-0.2, -0.15) is 0 Å². The van der Waals surface area contributed by atoms with E-state index < -0.39 is 12.1 Å². The molecule has 4 aliphatic heterocycles. The number of aryl methyl sites for hydroxylation is 1. The molecule has 35 heteroatoms. The second-order valence-electron chi connectivity index (χ2n) is 14.1. The maximum atomic E-state index is 12.7. The average Bonchev–Trinajstić information content (AvgIpc) is 3.90. The molecule has 2 unspecified atom stereocenters. The molecular weight excluding hydrogens is 1390 g/mol. The third-order valence-corrected chi connectivity index (χ3v) is 56.5. The summed E-state index contributed by atoms with van der Waals surface area (Å²) in [6.45, 7) is 3.65. The Labute approximate surface area is 498 Å². The van der Waals surface area contributed by atoms with Gasteiger partial charge in [0.25, 0.3) is 11.8 Å². The van der Waals surface area contributed by atoms with Gasteiger partial charge in [-0.1, -0.05) is 57.2 Å². The Bertz CT molecular complexity index is 3430. The Kier molecular flexibility index (Phi) is 38.5. The number of carbonyl (C=O) groups excluding carboxylic acids is 6. The molecule has 11 nitrogen and oxygen atoms in total. The SMILES string of the molecule is C.CCCCC#Cc1cccc2c1CN(C1CCC(=O)NC1=O)C2=O.NCCCCCc1cccc2c1CN(C1CCC(=O)NC1=O)C2=O.S=S=S=S=S=S=S=S=S=S=S=S=S=S=S=S=S=S=S=S=S=S=S=S. The van der Waals surface area contributed by atoms with Crippen LogP contribution in [0.4, 0.5) is 0 Å². The van der Waals surface area contributed by atoms with E-state index >= 15 is 0 Å². The van der Waals surface area contributed by atoms with Gasteiger partial charge in [0.05, 0.1) is 0 Å². The number of nitrogens with two attached hydrogens (primary N) is 1. The highest BCUT2D eigenvalue weighted by Crippen LogP contribution is 2.31. The summed E-state index contributed by atoms with van der Waals surface area (Å²) in [5, 5.41) is 4.65. The standard InChI is InChI=1S/C19H20N2O3.C18H23N3O3.CH4.S24/c1-2-3-4-5-7-13-8-6-9-14-15(13)12-21(19(14)24)16-10-11-17(22)20-18(16)23;19-10-3-1-2-5-12-6-4-7-13-14(12)11-21(18(13)24)15-8-9-16(22)20-17(15)23;;1-3-5-7-9-11-13-15-17-19-21-23-24-22-20-18-16-14-12-10-8-6-4-2/h6,8-9,16H,2-4,10-12H2,1H3,(H,20,22,23);4,6-7,15H,1-3,5,8-11,19H2,(H,20,22,23);1H4;. The number of fused-ring (bicyclic) bond motifs is 2.